The molecule has 0 aliphatic heterocycles. The summed E-state index contributed by atoms with van der Waals surface area (Å²) in [4.78, 5) is 35.0. The summed E-state index contributed by atoms with van der Waals surface area (Å²) in [5, 5.41) is 17.9. The number of furan rings is 1. The predicted octanol–water partition coefficient (Wildman–Crippen LogP) is 3.11. The number of fused-ring (bicyclic) bond motifs is 1. The molecule has 1 aromatic heterocycles. The molecule has 2 amide bonds. The van der Waals surface area contributed by atoms with Crippen LogP contribution < -0.4 is 10.7 Å². The van der Waals surface area contributed by atoms with Crippen molar-refractivity contribution in [1.29, 1.82) is 0 Å². The van der Waals surface area contributed by atoms with Crippen LogP contribution in [0.3, 0.4) is 0 Å². The molecule has 0 atom stereocenters. The molecule has 0 fully saturated rings. The van der Waals surface area contributed by atoms with Crippen LogP contribution in [-0.2, 0) is 6.42 Å². The van der Waals surface area contributed by atoms with Gasteiger partial charge in [0.05, 0.1) is 10.6 Å². The average molecular weight is 398 g/mol. The maximum atomic E-state index is 12.4. The number of carbonyl (C=O) groups is 2. The number of non-ortho nitro benzene ring substituents is 1. The van der Waals surface area contributed by atoms with Crippen LogP contribution in [0.15, 0.2) is 33.8 Å². The van der Waals surface area contributed by atoms with Crippen LogP contribution in [0.2, 0.25) is 0 Å². The Kier molecular flexibility index (Phi) is 6.06. The van der Waals surface area contributed by atoms with Crippen LogP contribution in [0.5, 0.6) is 0 Å². The predicted molar refractivity (Wildman–Crippen MR) is 106 cm³/mol. The molecular formula is C20H22N4O5. The zero-order valence-corrected chi connectivity index (χ0v) is 16.3. The topological polar surface area (TPSA) is 127 Å². The molecule has 2 N–H and O–H groups in total. The van der Waals surface area contributed by atoms with Crippen LogP contribution in [0, 0.1) is 17.0 Å². The van der Waals surface area contributed by atoms with Gasteiger partial charge >= 0.3 is 0 Å². The van der Waals surface area contributed by atoms with E-state index in [0.717, 1.165) is 18.4 Å². The molecule has 0 radical (unpaired) electrons. The van der Waals surface area contributed by atoms with E-state index in [-0.39, 0.29) is 22.9 Å². The van der Waals surface area contributed by atoms with Crippen molar-refractivity contribution >= 4 is 23.2 Å². The van der Waals surface area contributed by atoms with Crippen molar-refractivity contribution in [3.8, 4) is 0 Å². The van der Waals surface area contributed by atoms with E-state index in [1.807, 2.05) is 6.92 Å². The smallest absolute Gasteiger partial charge is 0.287 e. The van der Waals surface area contributed by atoms with Crippen LogP contribution in [0.25, 0.3) is 0 Å². The van der Waals surface area contributed by atoms with Gasteiger partial charge in [0.15, 0.2) is 5.76 Å². The summed E-state index contributed by atoms with van der Waals surface area (Å²) >= 11 is 0. The van der Waals surface area contributed by atoms with Gasteiger partial charge in [-0.1, -0.05) is 13.0 Å². The number of benzene rings is 1. The Hall–Kier alpha value is -3.49. The van der Waals surface area contributed by atoms with E-state index in [9.17, 15) is 19.7 Å². The Bertz CT molecular complexity index is 993. The summed E-state index contributed by atoms with van der Waals surface area (Å²) in [5.41, 5.74) is 4.50. The highest BCUT2D eigenvalue weighted by Gasteiger charge is 2.28. The molecule has 9 nitrogen and oxygen atoms in total. The number of amides is 2. The monoisotopic (exact) mass is 398 g/mol. The highest BCUT2D eigenvalue weighted by molar-refractivity contribution is 6.07. The molecule has 1 aromatic carbocycles. The molecule has 0 saturated heterocycles. The van der Waals surface area contributed by atoms with E-state index in [4.69, 9.17) is 4.42 Å². The van der Waals surface area contributed by atoms with E-state index in [2.05, 4.69) is 15.8 Å². The summed E-state index contributed by atoms with van der Waals surface area (Å²) in [6.45, 7) is 4.32. The van der Waals surface area contributed by atoms with Crippen LogP contribution in [0.4, 0.5) is 5.69 Å². The number of hydrogen-bond donors (Lipinski definition) is 2. The number of aryl methyl sites for hydroxylation is 1. The summed E-state index contributed by atoms with van der Waals surface area (Å²) in [6.07, 6.45) is 2.91. The van der Waals surface area contributed by atoms with Gasteiger partial charge in [-0.3, -0.25) is 19.7 Å². The second-order valence-electron chi connectivity index (χ2n) is 6.77. The quantitative estimate of drug-likeness (QED) is 0.571. The Labute approximate surface area is 167 Å². The summed E-state index contributed by atoms with van der Waals surface area (Å²) in [7, 11) is 0. The molecule has 3 rings (SSSR count). The maximum absolute atomic E-state index is 12.4. The van der Waals surface area contributed by atoms with E-state index < -0.39 is 10.8 Å². The summed E-state index contributed by atoms with van der Waals surface area (Å²) in [5.74, 6) is 0.135. The molecule has 9 heteroatoms. The lowest BCUT2D eigenvalue weighted by molar-refractivity contribution is -0.384. The van der Waals surface area contributed by atoms with Gasteiger partial charge in [-0.05, 0) is 32.3 Å². The number of nitro benzene ring substituents is 1. The first-order valence-electron chi connectivity index (χ1n) is 9.44. The number of carbonyl (C=O) groups excluding carboxylic acids is 2. The lowest BCUT2D eigenvalue weighted by Gasteiger charge is -2.13. The van der Waals surface area contributed by atoms with E-state index in [0.29, 0.717) is 36.4 Å². The van der Waals surface area contributed by atoms with Crippen LogP contribution in [-0.4, -0.2) is 29.0 Å². The number of rotatable bonds is 6. The SMILES string of the molecule is CCCNC(=O)c1oc2c(c1C)/C(=N/NC(=O)c1cccc([N+](=O)[O-])c1)CCC2. The highest BCUT2D eigenvalue weighted by Crippen LogP contribution is 2.29. The van der Waals surface area contributed by atoms with Crippen molar-refractivity contribution in [3.63, 3.8) is 0 Å². The number of nitro groups is 1. The van der Waals surface area contributed by atoms with Crippen molar-refractivity contribution in [1.82, 2.24) is 10.7 Å². The van der Waals surface area contributed by atoms with Gasteiger partial charge in [-0.25, -0.2) is 5.43 Å². The first-order chi connectivity index (χ1) is 13.9. The third-order valence-corrected chi connectivity index (χ3v) is 4.68. The second kappa shape index (κ2) is 8.68. The minimum Gasteiger partial charge on any atom is -0.455 e. The number of nitrogens with zero attached hydrogens (tertiary/aromatic N) is 2. The third kappa shape index (κ3) is 4.34. The van der Waals surface area contributed by atoms with Crippen molar-refractivity contribution in [3.05, 3.63) is 62.6 Å². The molecule has 0 saturated carbocycles. The highest BCUT2D eigenvalue weighted by atomic mass is 16.6. The molecule has 2 aromatic rings. The van der Waals surface area contributed by atoms with Gasteiger partial charge < -0.3 is 9.73 Å². The molecular weight excluding hydrogens is 376 g/mol. The van der Waals surface area contributed by atoms with Gasteiger partial charge in [-0.2, -0.15) is 5.10 Å². The second-order valence-corrected chi connectivity index (χ2v) is 6.77. The van der Waals surface area contributed by atoms with Crippen LogP contribution in [0.1, 0.15) is 64.0 Å². The Balaban J connectivity index is 1.83. The van der Waals surface area contributed by atoms with E-state index in [1.165, 1.54) is 24.3 Å². The Morgan fingerprint density at radius 2 is 2.07 bits per heavy atom. The van der Waals surface area contributed by atoms with Gasteiger partial charge in [0.2, 0.25) is 0 Å². The van der Waals surface area contributed by atoms with E-state index >= 15 is 0 Å². The molecule has 0 spiro atoms. The molecule has 1 aliphatic carbocycles. The molecule has 152 valence electrons. The lowest BCUT2D eigenvalue weighted by atomic mass is 9.93. The lowest BCUT2D eigenvalue weighted by Crippen LogP contribution is -2.24. The number of hydrazone groups is 1. The van der Waals surface area contributed by atoms with Crippen molar-refractivity contribution in [2.45, 2.75) is 39.5 Å². The number of nitrogens with one attached hydrogen (secondary N) is 2. The Morgan fingerprint density at radius 3 is 2.79 bits per heavy atom. The van der Waals surface area contributed by atoms with Crippen molar-refractivity contribution in [2.24, 2.45) is 5.10 Å². The minimum atomic E-state index is -0.559. The fourth-order valence-electron chi connectivity index (χ4n) is 3.26. The first-order valence-corrected chi connectivity index (χ1v) is 9.44. The molecule has 1 heterocycles. The number of hydrogen-bond acceptors (Lipinski definition) is 6. The zero-order chi connectivity index (χ0) is 21.0. The summed E-state index contributed by atoms with van der Waals surface area (Å²) < 4.78 is 5.78. The first kappa shape index (κ1) is 20.2. The van der Waals surface area contributed by atoms with Crippen molar-refractivity contribution in [2.75, 3.05) is 6.54 Å². The fourth-order valence-corrected chi connectivity index (χ4v) is 3.26. The standard InChI is InChI=1S/C20H22N4O5/c1-3-10-21-20(26)18-12(2)17-15(8-5-9-16(17)29-18)22-23-19(25)13-6-4-7-14(11-13)24(27)28/h4,6-7,11H,3,5,8-10H2,1-2H3,(H,21,26)(H,23,25)/b22-15+. The Morgan fingerprint density at radius 1 is 1.28 bits per heavy atom. The average Bonchev–Trinajstić information content (AvgIpc) is 3.07. The third-order valence-electron chi connectivity index (χ3n) is 4.68. The molecule has 0 unspecified atom stereocenters. The molecule has 29 heavy (non-hydrogen) atoms. The van der Waals surface area contributed by atoms with Gasteiger partial charge in [0, 0.05) is 41.8 Å². The maximum Gasteiger partial charge on any atom is 0.287 e. The van der Waals surface area contributed by atoms with Crippen molar-refractivity contribution < 1.29 is 18.9 Å². The van der Waals surface area contributed by atoms with Gasteiger partial charge in [0.1, 0.15) is 5.76 Å². The fraction of sp³-hybridized carbons (Fsp3) is 0.350. The van der Waals surface area contributed by atoms with Gasteiger partial charge in [-0.15, -0.1) is 0 Å². The largest absolute Gasteiger partial charge is 0.455 e. The zero-order valence-electron chi connectivity index (χ0n) is 16.3. The van der Waals surface area contributed by atoms with E-state index in [1.54, 1.807) is 6.92 Å². The summed E-state index contributed by atoms with van der Waals surface area (Å²) in [6, 6.07) is 5.44. The van der Waals surface area contributed by atoms with Crippen LogP contribution >= 0.6 is 0 Å². The molecule has 0 bridgehead atoms. The minimum absolute atomic E-state index is 0.142. The molecule has 1 aliphatic rings. The van der Waals surface area contributed by atoms with Gasteiger partial charge in [0.25, 0.3) is 17.5 Å². The normalized spacial score (nSPS) is 14.3.